The number of nitrogens with zero attached hydrogens (tertiary/aromatic N) is 3. The number of aryl methyl sites for hydroxylation is 1. The SMILES string of the molecule is Fc1ccc(C2CCN2Cc2cccc(OCCCn3ccnc3)c2)cc1. The van der Waals surface area contributed by atoms with Gasteiger partial charge in [0.2, 0.25) is 0 Å². The fraction of sp³-hybridized carbons (Fsp3) is 0.318. The van der Waals surface area contributed by atoms with E-state index >= 15 is 0 Å². The van der Waals surface area contributed by atoms with Crippen molar-refractivity contribution in [2.24, 2.45) is 0 Å². The molecule has 2 aromatic carbocycles. The van der Waals surface area contributed by atoms with Crippen LogP contribution < -0.4 is 4.74 Å². The maximum absolute atomic E-state index is 13.1. The van der Waals surface area contributed by atoms with E-state index in [1.165, 1.54) is 11.1 Å². The second kappa shape index (κ2) is 8.35. The summed E-state index contributed by atoms with van der Waals surface area (Å²) < 4.78 is 21.1. The Morgan fingerprint density at radius 1 is 1.15 bits per heavy atom. The van der Waals surface area contributed by atoms with Crippen LogP contribution in [0, 0.1) is 5.82 Å². The van der Waals surface area contributed by atoms with E-state index in [-0.39, 0.29) is 5.82 Å². The fourth-order valence-corrected chi connectivity index (χ4v) is 3.52. The van der Waals surface area contributed by atoms with Crippen molar-refractivity contribution in [1.82, 2.24) is 14.5 Å². The van der Waals surface area contributed by atoms with E-state index in [1.54, 1.807) is 18.3 Å². The van der Waals surface area contributed by atoms with Gasteiger partial charge in [-0.2, -0.15) is 0 Å². The smallest absolute Gasteiger partial charge is 0.123 e. The predicted octanol–water partition coefficient (Wildman–Crippen LogP) is 4.44. The minimum atomic E-state index is -0.178. The third kappa shape index (κ3) is 4.55. The standard InChI is InChI=1S/C22H24FN3O/c23-20-7-5-19(6-8-20)22-9-12-26(22)16-18-3-1-4-21(15-18)27-14-2-11-25-13-10-24-17-25/h1,3-8,10,13,15,17,22H,2,9,11-12,14,16H2. The summed E-state index contributed by atoms with van der Waals surface area (Å²) in [5.74, 6) is 0.736. The van der Waals surface area contributed by atoms with Gasteiger partial charge in [-0.15, -0.1) is 0 Å². The zero-order chi connectivity index (χ0) is 18.5. The minimum absolute atomic E-state index is 0.178. The first kappa shape index (κ1) is 17.7. The van der Waals surface area contributed by atoms with Crippen molar-refractivity contribution in [1.29, 1.82) is 0 Å². The molecule has 0 radical (unpaired) electrons. The van der Waals surface area contributed by atoms with E-state index < -0.39 is 0 Å². The molecular formula is C22H24FN3O. The molecule has 140 valence electrons. The highest BCUT2D eigenvalue weighted by molar-refractivity contribution is 5.29. The van der Waals surface area contributed by atoms with Crippen LogP contribution in [0.3, 0.4) is 0 Å². The summed E-state index contributed by atoms with van der Waals surface area (Å²) in [4.78, 5) is 6.46. The summed E-state index contributed by atoms with van der Waals surface area (Å²) in [5, 5.41) is 0. The normalized spacial score (nSPS) is 16.9. The van der Waals surface area contributed by atoms with Crippen LogP contribution in [0.4, 0.5) is 4.39 Å². The van der Waals surface area contributed by atoms with Crippen LogP contribution >= 0.6 is 0 Å². The van der Waals surface area contributed by atoms with Gasteiger partial charge in [0.05, 0.1) is 12.9 Å². The summed E-state index contributed by atoms with van der Waals surface area (Å²) in [7, 11) is 0. The molecule has 4 rings (SSSR count). The average Bonchev–Trinajstić information content (AvgIpc) is 3.18. The van der Waals surface area contributed by atoms with Gasteiger partial charge in [0.15, 0.2) is 0 Å². The molecule has 1 fully saturated rings. The summed E-state index contributed by atoms with van der Waals surface area (Å²) in [5.41, 5.74) is 2.43. The zero-order valence-corrected chi connectivity index (χ0v) is 15.3. The third-order valence-electron chi connectivity index (χ3n) is 5.06. The molecule has 5 heteroatoms. The predicted molar refractivity (Wildman–Crippen MR) is 103 cm³/mol. The number of ether oxygens (including phenoxy) is 1. The van der Waals surface area contributed by atoms with Gasteiger partial charge in [-0.25, -0.2) is 9.37 Å². The summed E-state index contributed by atoms with van der Waals surface area (Å²) in [6.45, 7) is 3.54. The van der Waals surface area contributed by atoms with E-state index in [0.29, 0.717) is 12.6 Å². The first-order chi connectivity index (χ1) is 13.3. The Kier molecular flexibility index (Phi) is 5.49. The van der Waals surface area contributed by atoms with Crippen LogP contribution in [0.25, 0.3) is 0 Å². The van der Waals surface area contributed by atoms with Crippen LogP contribution in [-0.4, -0.2) is 27.6 Å². The maximum Gasteiger partial charge on any atom is 0.123 e. The molecule has 0 saturated carbocycles. The molecule has 2 heterocycles. The highest BCUT2D eigenvalue weighted by Gasteiger charge is 2.29. The van der Waals surface area contributed by atoms with E-state index in [4.69, 9.17) is 4.74 Å². The van der Waals surface area contributed by atoms with Gasteiger partial charge >= 0.3 is 0 Å². The fourth-order valence-electron chi connectivity index (χ4n) is 3.52. The number of aromatic nitrogens is 2. The molecule has 1 aliphatic rings. The molecular weight excluding hydrogens is 341 g/mol. The van der Waals surface area contributed by atoms with Gasteiger partial charge in [0.1, 0.15) is 11.6 Å². The largest absolute Gasteiger partial charge is 0.494 e. The van der Waals surface area contributed by atoms with Gasteiger partial charge < -0.3 is 9.30 Å². The van der Waals surface area contributed by atoms with E-state index in [2.05, 4.69) is 26.6 Å². The van der Waals surface area contributed by atoms with E-state index in [0.717, 1.165) is 38.2 Å². The van der Waals surface area contributed by atoms with E-state index in [9.17, 15) is 4.39 Å². The molecule has 1 atom stereocenters. The van der Waals surface area contributed by atoms with Crippen molar-refractivity contribution in [3.63, 3.8) is 0 Å². The molecule has 0 bridgehead atoms. The Morgan fingerprint density at radius 2 is 2.04 bits per heavy atom. The number of hydrogen-bond donors (Lipinski definition) is 0. The Bertz CT molecular complexity index is 848. The van der Waals surface area contributed by atoms with Gasteiger partial charge in [0, 0.05) is 38.1 Å². The summed E-state index contributed by atoms with van der Waals surface area (Å²) in [6.07, 6.45) is 7.64. The van der Waals surface area contributed by atoms with Gasteiger partial charge in [-0.05, 0) is 48.2 Å². The molecule has 0 amide bonds. The lowest BCUT2D eigenvalue weighted by Crippen LogP contribution is -2.40. The lowest BCUT2D eigenvalue weighted by atomic mass is 9.94. The number of benzene rings is 2. The molecule has 3 aromatic rings. The van der Waals surface area contributed by atoms with Gasteiger partial charge in [0.25, 0.3) is 0 Å². The molecule has 1 aliphatic heterocycles. The van der Waals surface area contributed by atoms with Crippen molar-refractivity contribution in [3.8, 4) is 5.75 Å². The van der Waals surface area contributed by atoms with Crippen molar-refractivity contribution in [3.05, 3.63) is 84.2 Å². The Balaban J connectivity index is 1.29. The number of halogens is 1. The van der Waals surface area contributed by atoms with Crippen LogP contribution in [0.15, 0.2) is 67.3 Å². The minimum Gasteiger partial charge on any atom is -0.494 e. The van der Waals surface area contributed by atoms with Gasteiger partial charge in [-0.3, -0.25) is 4.90 Å². The number of imidazole rings is 1. The molecule has 1 saturated heterocycles. The summed E-state index contributed by atoms with van der Waals surface area (Å²) >= 11 is 0. The third-order valence-corrected chi connectivity index (χ3v) is 5.06. The second-order valence-electron chi connectivity index (χ2n) is 6.98. The molecule has 27 heavy (non-hydrogen) atoms. The first-order valence-electron chi connectivity index (χ1n) is 9.45. The topological polar surface area (TPSA) is 30.3 Å². The quantitative estimate of drug-likeness (QED) is 0.553. The lowest BCUT2D eigenvalue weighted by Gasteiger charge is -2.41. The average molecular weight is 365 g/mol. The lowest BCUT2D eigenvalue weighted by molar-refractivity contribution is 0.0817. The van der Waals surface area contributed by atoms with Crippen LogP contribution in [0.2, 0.25) is 0 Å². The zero-order valence-electron chi connectivity index (χ0n) is 15.3. The molecule has 0 aliphatic carbocycles. The summed E-state index contributed by atoms with van der Waals surface area (Å²) in [6, 6.07) is 15.6. The molecule has 1 unspecified atom stereocenters. The first-order valence-corrected chi connectivity index (χ1v) is 9.45. The number of hydrogen-bond acceptors (Lipinski definition) is 3. The van der Waals surface area contributed by atoms with Crippen molar-refractivity contribution in [2.75, 3.05) is 13.2 Å². The molecule has 0 spiro atoms. The Hall–Kier alpha value is -2.66. The molecule has 0 N–H and O–H groups in total. The maximum atomic E-state index is 13.1. The van der Waals surface area contributed by atoms with Crippen LogP contribution in [0.5, 0.6) is 5.75 Å². The van der Waals surface area contributed by atoms with Crippen molar-refractivity contribution >= 4 is 0 Å². The second-order valence-corrected chi connectivity index (χ2v) is 6.98. The monoisotopic (exact) mass is 365 g/mol. The number of likely N-dealkylation sites (tertiary alicyclic amines) is 1. The van der Waals surface area contributed by atoms with Crippen LogP contribution in [0.1, 0.15) is 30.0 Å². The van der Waals surface area contributed by atoms with Gasteiger partial charge in [-0.1, -0.05) is 24.3 Å². The Morgan fingerprint density at radius 3 is 2.78 bits per heavy atom. The highest BCUT2D eigenvalue weighted by Crippen LogP contribution is 2.34. The van der Waals surface area contributed by atoms with E-state index in [1.807, 2.05) is 36.8 Å². The molecule has 4 nitrogen and oxygen atoms in total. The highest BCUT2D eigenvalue weighted by atomic mass is 19.1. The van der Waals surface area contributed by atoms with Crippen molar-refractivity contribution in [2.45, 2.75) is 32.0 Å². The molecule has 1 aromatic heterocycles. The van der Waals surface area contributed by atoms with Crippen LogP contribution in [-0.2, 0) is 13.1 Å². The van der Waals surface area contributed by atoms with Crippen molar-refractivity contribution < 1.29 is 9.13 Å². The number of rotatable bonds is 8. The Labute approximate surface area is 159 Å².